The fourth-order valence-corrected chi connectivity index (χ4v) is 2.69. The molecule has 0 bridgehead atoms. The number of benzene rings is 2. The zero-order chi connectivity index (χ0) is 17.4. The molecule has 0 spiro atoms. The second-order valence-electron chi connectivity index (χ2n) is 5.42. The minimum Gasteiger partial charge on any atom is -0.495 e. The number of nitrogens with one attached hydrogen (secondary N) is 1. The largest absolute Gasteiger partial charge is 0.495 e. The average molecular weight is 347 g/mol. The van der Waals surface area contributed by atoms with Crippen molar-refractivity contribution in [2.45, 2.75) is 19.9 Å². The number of hydrogen-bond acceptors (Lipinski definition) is 3. The van der Waals surface area contributed by atoms with Crippen molar-refractivity contribution in [2.75, 3.05) is 25.5 Å². The molecule has 0 fully saturated rings. The number of methoxy groups -OCH3 is 1. The van der Waals surface area contributed by atoms with Crippen LogP contribution in [-0.4, -0.2) is 31.0 Å². The fraction of sp³-hybridized carbons (Fsp3) is 0.316. The number of carbonyl (C=O) groups excluding carboxylic acids is 1. The Labute approximate surface area is 148 Å². The van der Waals surface area contributed by atoms with Crippen molar-refractivity contribution in [1.29, 1.82) is 0 Å². The molecule has 5 heteroatoms. The summed E-state index contributed by atoms with van der Waals surface area (Å²) in [6, 6.07) is 15.5. The van der Waals surface area contributed by atoms with Crippen molar-refractivity contribution in [3.05, 3.63) is 59.1 Å². The highest BCUT2D eigenvalue weighted by atomic mass is 35.5. The van der Waals surface area contributed by atoms with Crippen molar-refractivity contribution >= 4 is 23.2 Å². The molecule has 0 heterocycles. The number of hydrogen-bond donors (Lipinski definition) is 1. The molecule has 24 heavy (non-hydrogen) atoms. The van der Waals surface area contributed by atoms with Gasteiger partial charge in [-0.1, -0.05) is 41.9 Å². The van der Waals surface area contributed by atoms with E-state index >= 15 is 0 Å². The molecule has 0 radical (unpaired) electrons. The zero-order valence-corrected chi connectivity index (χ0v) is 14.8. The van der Waals surface area contributed by atoms with E-state index < -0.39 is 0 Å². The maximum absolute atomic E-state index is 12.4. The van der Waals surface area contributed by atoms with Crippen LogP contribution in [0.2, 0.25) is 5.02 Å². The van der Waals surface area contributed by atoms with Crippen molar-refractivity contribution in [3.63, 3.8) is 0 Å². The number of carbonyl (C=O) groups is 1. The zero-order valence-electron chi connectivity index (χ0n) is 14.1. The SMILES string of the molecule is CCN(Cc1ccccc1)C(=O)CCNc1ccc(OC)c(Cl)c1. The molecule has 0 aromatic heterocycles. The Bertz CT molecular complexity index is 662. The van der Waals surface area contributed by atoms with E-state index in [2.05, 4.69) is 5.32 Å². The van der Waals surface area contributed by atoms with Gasteiger partial charge in [0, 0.05) is 31.7 Å². The predicted octanol–water partition coefficient (Wildman–Crippen LogP) is 4.20. The van der Waals surface area contributed by atoms with Gasteiger partial charge < -0.3 is 15.0 Å². The van der Waals surface area contributed by atoms with Crippen molar-refractivity contribution in [1.82, 2.24) is 4.90 Å². The van der Waals surface area contributed by atoms with Crippen LogP contribution < -0.4 is 10.1 Å². The second kappa shape index (κ2) is 9.18. The maximum Gasteiger partial charge on any atom is 0.224 e. The molecule has 1 amide bonds. The van der Waals surface area contributed by atoms with Gasteiger partial charge in [0.15, 0.2) is 0 Å². The lowest BCUT2D eigenvalue weighted by Crippen LogP contribution is -2.31. The summed E-state index contributed by atoms with van der Waals surface area (Å²) in [7, 11) is 1.58. The lowest BCUT2D eigenvalue weighted by molar-refractivity contribution is -0.131. The van der Waals surface area contributed by atoms with Gasteiger partial charge in [-0.05, 0) is 30.7 Å². The highest BCUT2D eigenvalue weighted by Crippen LogP contribution is 2.27. The first kappa shape index (κ1) is 18.1. The van der Waals surface area contributed by atoms with Crippen LogP contribution in [0.25, 0.3) is 0 Å². The van der Waals surface area contributed by atoms with Crippen LogP contribution in [-0.2, 0) is 11.3 Å². The van der Waals surface area contributed by atoms with Gasteiger partial charge in [0.1, 0.15) is 5.75 Å². The van der Waals surface area contributed by atoms with Crippen LogP contribution >= 0.6 is 11.6 Å². The summed E-state index contributed by atoms with van der Waals surface area (Å²) >= 11 is 6.09. The maximum atomic E-state index is 12.4. The first-order chi connectivity index (χ1) is 11.6. The summed E-state index contributed by atoms with van der Waals surface area (Å²) in [5, 5.41) is 3.77. The van der Waals surface area contributed by atoms with Gasteiger partial charge in [-0.2, -0.15) is 0 Å². The molecule has 0 saturated heterocycles. The summed E-state index contributed by atoms with van der Waals surface area (Å²) in [5.41, 5.74) is 2.02. The third kappa shape index (κ3) is 5.17. The van der Waals surface area contributed by atoms with Gasteiger partial charge in [-0.3, -0.25) is 4.79 Å². The van der Waals surface area contributed by atoms with E-state index in [4.69, 9.17) is 16.3 Å². The number of amides is 1. The molecule has 0 aliphatic carbocycles. The van der Waals surface area contributed by atoms with Crippen LogP contribution in [0.15, 0.2) is 48.5 Å². The van der Waals surface area contributed by atoms with E-state index in [1.165, 1.54) is 0 Å². The van der Waals surface area contributed by atoms with Crippen molar-refractivity contribution < 1.29 is 9.53 Å². The van der Waals surface area contributed by atoms with Gasteiger partial charge in [0.2, 0.25) is 5.91 Å². The minimum absolute atomic E-state index is 0.133. The highest BCUT2D eigenvalue weighted by molar-refractivity contribution is 6.32. The Hall–Kier alpha value is -2.20. The van der Waals surface area contributed by atoms with Gasteiger partial charge in [-0.15, -0.1) is 0 Å². The molecular formula is C19H23ClN2O2. The topological polar surface area (TPSA) is 41.6 Å². The second-order valence-corrected chi connectivity index (χ2v) is 5.83. The number of nitrogens with zero attached hydrogens (tertiary/aromatic N) is 1. The van der Waals surface area contributed by atoms with Gasteiger partial charge >= 0.3 is 0 Å². The van der Waals surface area contributed by atoms with Crippen LogP contribution in [0.5, 0.6) is 5.75 Å². The molecular weight excluding hydrogens is 324 g/mol. The van der Waals surface area contributed by atoms with E-state index in [0.717, 1.165) is 11.3 Å². The first-order valence-corrected chi connectivity index (χ1v) is 8.41. The predicted molar refractivity (Wildman–Crippen MR) is 98.6 cm³/mol. The third-order valence-corrected chi connectivity index (χ3v) is 4.07. The number of ether oxygens (including phenoxy) is 1. The molecule has 4 nitrogen and oxygen atoms in total. The standard InChI is InChI=1S/C19H23ClN2O2/c1-3-22(14-15-7-5-4-6-8-15)19(23)11-12-21-16-9-10-18(24-2)17(20)13-16/h4-10,13,21H,3,11-12,14H2,1-2H3. The van der Waals surface area contributed by atoms with Crippen molar-refractivity contribution in [3.8, 4) is 5.75 Å². The molecule has 0 saturated carbocycles. The number of halogens is 1. The van der Waals surface area contributed by atoms with E-state index in [0.29, 0.717) is 36.8 Å². The lowest BCUT2D eigenvalue weighted by atomic mass is 10.2. The van der Waals surface area contributed by atoms with E-state index in [1.807, 2.05) is 48.2 Å². The van der Waals surface area contributed by atoms with Crippen LogP contribution in [0.3, 0.4) is 0 Å². The Morgan fingerprint density at radius 2 is 1.96 bits per heavy atom. The molecule has 0 unspecified atom stereocenters. The van der Waals surface area contributed by atoms with E-state index in [9.17, 15) is 4.79 Å². The third-order valence-electron chi connectivity index (χ3n) is 3.77. The Morgan fingerprint density at radius 1 is 1.21 bits per heavy atom. The molecule has 2 aromatic rings. The molecule has 128 valence electrons. The molecule has 2 rings (SSSR count). The monoisotopic (exact) mass is 346 g/mol. The van der Waals surface area contributed by atoms with E-state index in [1.54, 1.807) is 19.2 Å². The first-order valence-electron chi connectivity index (χ1n) is 8.03. The Kier molecular flexibility index (Phi) is 6.94. The summed E-state index contributed by atoms with van der Waals surface area (Å²) in [6.07, 6.45) is 0.435. The molecule has 0 aliphatic rings. The smallest absolute Gasteiger partial charge is 0.224 e. The summed E-state index contributed by atoms with van der Waals surface area (Å²) in [6.45, 7) is 3.90. The number of rotatable bonds is 8. The normalized spacial score (nSPS) is 10.3. The molecule has 1 N–H and O–H groups in total. The molecule has 2 aromatic carbocycles. The average Bonchev–Trinajstić information content (AvgIpc) is 2.60. The van der Waals surface area contributed by atoms with Crippen LogP contribution in [0.4, 0.5) is 5.69 Å². The Balaban J connectivity index is 1.84. The lowest BCUT2D eigenvalue weighted by Gasteiger charge is -2.21. The van der Waals surface area contributed by atoms with Crippen LogP contribution in [0.1, 0.15) is 18.9 Å². The minimum atomic E-state index is 0.133. The molecule has 0 aliphatic heterocycles. The van der Waals surface area contributed by atoms with Gasteiger partial charge in [-0.25, -0.2) is 0 Å². The summed E-state index contributed by atoms with van der Waals surface area (Å²) in [4.78, 5) is 14.2. The van der Waals surface area contributed by atoms with Crippen molar-refractivity contribution in [2.24, 2.45) is 0 Å². The number of anilines is 1. The summed E-state index contributed by atoms with van der Waals surface area (Å²) in [5.74, 6) is 0.770. The fourth-order valence-electron chi connectivity index (χ4n) is 2.43. The highest BCUT2D eigenvalue weighted by Gasteiger charge is 2.11. The van der Waals surface area contributed by atoms with Gasteiger partial charge in [0.25, 0.3) is 0 Å². The van der Waals surface area contributed by atoms with Gasteiger partial charge in [0.05, 0.1) is 12.1 Å². The van der Waals surface area contributed by atoms with Crippen LogP contribution in [0, 0.1) is 0 Å². The molecule has 0 atom stereocenters. The quantitative estimate of drug-likeness (QED) is 0.778. The van der Waals surface area contributed by atoms with E-state index in [-0.39, 0.29) is 5.91 Å². The summed E-state index contributed by atoms with van der Waals surface area (Å²) < 4.78 is 5.12. The Morgan fingerprint density at radius 3 is 2.58 bits per heavy atom.